The molecule has 0 aliphatic heterocycles. The van der Waals surface area contributed by atoms with Gasteiger partial charge in [0.25, 0.3) is 10.0 Å². The predicted molar refractivity (Wildman–Crippen MR) is 191 cm³/mol. The van der Waals surface area contributed by atoms with Gasteiger partial charge < -0.3 is 10.2 Å². The fraction of sp³-hybridized carbons (Fsp3) is 0.278. The van der Waals surface area contributed by atoms with Crippen LogP contribution in [0.4, 0.5) is 5.69 Å². The highest BCUT2D eigenvalue weighted by molar-refractivity contribution is 7.92. The summed E-state index contributed by atoms with van der Waals surface area (Å²) in [5.74, 6) is -0.845. The molecular formula is C36H38Cl3N3O4S. The smallest absolute Gasteiger partial charge is 0.264 e. The predicted octanol–water partition coefficient (Wildman–Crippen LogP) is 7.87. The fourth-order valence-corrected chi connectivity index (χ4v) is 7.30. The third-order valence-electron chi connectivity index (χ3n) is 7.66. The van der Waals surface area contributed by atoms with E-state index in [1.807, 2.05) is 51.1 Å². The Morgan fingerprint density at radius 3 is 2.06 bits per heavy atom. The van der Waals surface area contributed by atoms with Gasteiger partial charge in [-0.15, -0.1) is 0 Å². The first kappa shape index (κ1) is 36.3. The van der Waals surface area contributed by atoms with E-state index >= 15 is 0 Å². The van der Waals surface area contributed by atoms with Crippen molar-refractivity contribution in [1.29, 1.82) is 0 Å². The number of rotatable bonds is 13. The molecular weight excluding hydrogens is 677 g/mol. The topological polar surface area (TPSA) is 86.8 Å². The first-order chi connectivity index (χ1) is 22.3. The Morgan fingerprint density at radius 1 is 0.830 bits per heavy atom. The average Bonchev–Trinajstić information content (AvgIpc) is 3.02. The quantitative estimate of drug-likeness (QED) is 0.153. The molecule has 0 saturated heterocycles. The number of halogens is 3. The maximum Gasteiger partial charge on any atom is 0.264 e. The van der Waals surface area contributed by atoms with E-state index in [0.29, 0.717) is 32.7 Å². The second kappa shape index (κ2) is 16.0. The van der Waals surface area contributed by atoms with Gasteiger partial charge in [-0.25, -0.2) is 8.42 Å². The molecule has 47 heavy (non-hydrogen) atoms. The van der Waals surface area contributed by atoms with Gasteiger partial charge in [-0.2, -0.15) is 0 Å². The minimum absolute atomic E-state index is 0.0152. The molecule has 11 heteroatoms. The zero-order valence-corrected chi connectivity index (χ0v) is 29.8. The first-order valence-corrected chi connectivity index (χ1v) is 17.7. The van der Waals surface area contributed by atoms with Crippen LogP contribution in [-0.4, -0.2) is 44.3 Å². The minimum atomic E-state index is -4.26. The van der Waals surface area contributed by atoms with E-state index in [-0.39, 0.29) is 35.4 Å². The van der Waals surface area contributed by atoms with Crippen LogP contribution in [0.5, 0.6) is 0 Å². The zero-order valence-electron chi connectivity index (χ0n) is 26.7. The lowest BCUT2D eigenvalue weighted by Gasteiger charge is -2.34. The highest BCUT2D eigenvalue weighted by Crippen LogP contribution is 2.31. The molecule has 0 aliphatic carbocycles. The first-order valence-electron chi connectivity index (χ1n) is 15.2. The van der Waals surface area contributed by atoms with E-state index in [4.69, 9.17) is 34.8 Å². The molecule has 0 fully saturated rings. The van der Waals surface area contributed by atoms with Crippen molar-refractivity contribution < 1.29 is 18.0 Å². The second-order valence-corrected chi connectivity index (χ2v) is 14.9. The molecule has 4 aromatic carbocycles. The van der Waals surface area contributed by atoms with E-state index in [1.54, 1.807) is 55.5 Å². The van der Waals surface area contributed by atoms with E-state index in [9.17, 15) is 18.0 Å². The maximum atomic E-state index is 14.7. The van der Waals surface area contributed by atoms with Crippen LogP contribution < -0.4 is 9.62 Å². The van der Waals surface area contributed by atoms with Gasteiger partial charge in [0.15, 0.2) is 0 Å². The summed E-state index contributed by atoms with van der Waals surface area (Å²) in [4.78, 5) is 30.0. The molecule has 4 rings (SSSR count). The van der Waals surface area contributed by atoms with Gasteiger partial charge >= 0.3 is 0 Å². The second-order valence-electron chi connectivity index (χ2n) is 11.8. The SMILES string of the molecule is Cc1ccc(S(=O)(=O)N(CC(=O)N(Cc2c(Cl)cccc2Cl)[C@@H](Cc2ccccc2)C(=O)NCC(C)C)c2ccc(Cl)cc2C)cc1. The monoisotopic (exact) mass is 713 g/mol. The Hall–Kier alpha value is -3.56. The molecule has 0 saturated carbocycles. The Balaban J connectivity index is 1.86. The van der Waals surface area contributed by atoms with Crippen molar-refractivity contribution in [2.24, 2.45) is 5.92 Å². The zero-order chi connectivity index (χ0) is 34.3. The molecule has 2 amide bonds. The summed E-state index contributed by atoms with van der Waals surface area (Å²) in [6, 6.07) is 24.5. The Bertz CT molecular complexity index is 1800. The van der Waals surface area contributed by atoms with E-state index in [2.05, 4.69) is 5.32 Å². The van der Waals surface area contributed by atoms with E-state index in [0.717, 1.165) is 15.4 Å². The number of nitrogens with one attached hydrogen (secondary N) is 1. The summed E-state index contributed by atoms with van der Waals surface area (Å²) >= 11 is 19.4. The number of benzene rings is 4. The van der Waals surface area contributed by atoms with Crippen LogP contribution in [0, 0.1) is 19.8 Å². The molecule has 7 nitrogen and oxygen atoms in total. The Labute approximate surface area is 292 Å². The highest BCUT2D eigenvalue weighted by Gasteiger charge is 2.35. The largest absolute Gasteiger partial charge is 0.354 e. The van der Waals surface area contributed by atoms with Crippen LogP contribution in [0.3, 0.4) is 0 Å². The van der Waals surface area contributed by atoms with Crippen LogP contribution in [-0.2, 0) is 32.6 Å². The van der Waals surface area contributed by atoms with Crippen molar-refractivity contribution in [2.45, 2.75) is 51.6 Å². The van der Waals surface area contributed by atoms with Crippen molar-refractivity contribution in [3.63, 3.8) is 0 Å². The van der Waals surface area contributed by atoms with Crippen LogP contribution in [0.2, 0.25) is 15.1 Å². The maximum absolute atomic E-state index is 14.7. The number of aryl methyl sites for hydroxylation is 2. The lowest BCUT2D eigenvalue weighted by atomic mass is 10.0. The number of amides is 2. The van der Waals surface area contributed by atoms with Gasteiger partial charge in [0.05, 0.1) is 10.6 Å². The minimum Gasteiger partial charge on any atom is -0.354 e. The molecule has 0 aromatic heterocycles. The van der Waals surface area contributed by atoms with Crippen LogP contribution >= 0.6 is 34.8 Å². The standard InChI is InChI=1S/C36H38Cl3N3O4S/c1-24(2)21-40-36(44)34(20-27-9-6-5-7-10-27)41(22-30-31(38)11-8-12-32(30)39)35(43)23-42(33-18-15-28(37)19-26(33)4)47(45,46)29-16-13-25(3)14-17-29/h5-19,24,34H,20-23H2,1-4H3,(H,40,44)/t34-/m0/s1. The number of sulfonamides is 1. The van der Waals surface area contributed by atoms with E-state index in [1.165, 1.54) is 17.0 Å². The molecule has 1 atom stereocenters. The van der Waals surface area contributed by atoms with Crippen molar-refractivity contribution >= 4 is 62.3 Å². The molecule has 0 unspecified atom stereocenters. The van der Waals surface area contributed by atoms with Crippen molar-refractivity contribution in [3.05, 3.63) is 128 Å². The van der Waals surface area contributed by atoms with Crippen molar-refractivity contribution in [2.75, 3.05) is 17.4 Å². The number of carbonyl (C=O) groups excluding carboxylic acids is 2. The molecule has 248 valence electrons. The highest BCUT2D eigenvalue weighted by atomic mass is 35.5. The average molecular weight is 715 g/mol. The molecule has 0 heterocycles. The van der Waals surface area contributed by atoms with Gasteiger partial charge in [-0.1, -0.05) is 103 Å². The van der Waals surface area contributed by atoms with Crippen molar-refractivity contribution in [3.8, 4) is 0 Å². The summed E-state index contributed by atoms with van der Waals surface area (Å²) in [6.07, 6.45) is 0.170. The number of hydrogen-bond donors (Lipinski definition) is 1. The summed E-state index contributed by atoms with van der Waals surface area (Å²) in [6.45, 7) is 7.17. The molecule has 0 spiro atoms. The third-order valence-corrected chi connectivity index (χ3v) is 10.4. The lowest BCUT2D eigenvalue weighted by molar-refractivity contribution is -0.140. The van der Waals surface area contributed by atoms with Gasteiger partial charge in [-0.05, 0) is 73.4 Å². The lowest BCUT2D eigenvalue weighted by Crippen LogP contribution is -2.54. The van der Waals surface area contributed by atoms with Gasteiger partial charge in [0, 0.05) is 40.1 Å². The summed E-state index contributed by atoms with van der Waals surface area (Å²) < 4.78 is 29.6. The number of nitrogens with zero attached hydrogens (tertiary/aromatic N) is 2. The molecule has 4 aromatic rings. The third kappa shape index (κ3) is 9.29. The van der Waals surface area contributed by atoms with Gasteiger partial charge in [-0.3, -0.25) is 13.9 Å². The number of carbonyl (C=O) groups is 2. The molecule has 0 aliphatic rings. The van der Waals surface area contributed by atoms with Crippen LogP contribution in [0.15, 0.2) is 95.9 Å². The summed E-state index contributed by atoms with van der Waals surface area (Å²) in [5.41, 5.74) is 2.97. The molecule has 1 N–H and O–H groups in total. The van der Waals surface area contributed by atoms with Gasteiger partial charge in [0.1, 0.15) is 12.6 Å². The van der Waals surface area contributed by atoms with Crippen LogP contribution in [0.25, 0.3) is 0 Å². The molecule has 0 bridgehead atoms. The summed E-state index contributed by atoms with van der Waals surface area (Å²) in [7, 11) is -4.26. The Morgan fingerprint density at radius 2 is 1.47 bits per heavy atom. The molecule has 0 radical (unpaired) electrons. The number of anilines is 1. The normalized spacial score (nSPS) is 12.1. The van der Waals surface area contributed by atoms with Crippen molar-refractivity contribution in [1.82, 2.24) is 10.2 Å². The summed E-state index contributed by atoms with van der Waals surface area (Å²) in [5, 5.41) is 4.02. The fourth-order valence-electron chi connectivity index (χ4n) is 5.08. The van der Waals surface area contributed by atoms with Crippen LogP contribution in [0.1, 0.15) is 36.1 Å². The number of hydrogen-bond acceptors (Lipinski definition) is 4. The van der Waals surface area contributed by atoms with E-state index < -0.39 is 28.5 Å². The Kier molecular flexibility index (Phi) is 12.4. The van der Waals surface area contributed by atoms with Gasteiger partial charge in [0.2, 0.25) is 11.8 Å².